The summed E-state index contributed by atoms with van der Waals surface area (Å²) in [5.41, 5.74) is 2.71. The van der Waals surface area contributed by atoms with Crippen LogP contribution in [0.3, 0.4) is 0 Å². The van der Waals surface area contributed by atoms with Gasteiger partial charge in [-0.3, -0.25) is 9.48 Å². The molecule has 0 aliphatic carbocycles. The minimum Gasteiger partial charge on any atom is -0.308 e. The van der Waals surface area contributed by atoms with Crippen molar-refractivity contribution in [2.75, 3.05) is 5.32 Å². The highest BCUT2D eigenvalue weighted by atomic mass is 79.9. The molecule has 27 heavy (non-hydrogen) atoms. The molecule has 0 unspecified atom stereocenters. The molecule has 3 aromatic rings. The molecule has 1 aromatic heterocycles. The van der Waals surface area contributed by atoms with E-state index in [2.05, 4.69) is 40.2 Å². The van der Waals surface area contributed by atoms with Crippen molar-refractivity contribution in [2.45, 2.75) is 32.7 Å². The number of nitrogens with one attached hydrogen (secondary N) is 1. The van der Waals surface area contributed by atoms with Crippen molar-refractivity contribution < 1.29 is 9.18 Å². The Kier molecular flexibility index (Phi) is 6.06. The Balaban J connectivity index is 1.70. The van der Waals surface area contributed by atoms with Gasteiger partial charge in [0.1, 0.15) is 5.82 Å². The Bertz CT molecular complexity index is 952. The molecule has 0 saturated heterocycles. The molecule has 1 amide bonds. The van der Waals surface area contributed by atoms with Gasteiger partial charge in [-0.05, 0) is 39.0 Å². The molecule has 0 aliphatic heterocycles. The first kappa shape index (κ1) is 19.3. The Morgan fingerprint density at radius 2 is 1.81 bits per heavy atom. The third-order valence-electron chi connectivity index (χ3n) is 4.29. The maximum Gasteiger partial charge on any atom is 0.230 e. The molecule has 3 rings (SSSR count). The first-order valence-electron chi connectivity index (χ1n) is 8.78. The summed E-state index contributed by atoms with van der Waals surface area (Å²) < 4.78 is 16.1. The molecule has 1 N–H and O–H groups in total. The Hall–Kier alpha value is -2.47. The molecule has 4 nitrogen and oxygen atoms in total. The fraction of sp³-hybridized carbons (Fsp3) is 0.238. The summed E-state index contributed by atoms with van der Waals surface area (Å²) >= 11 is 3.41. The van der Waals surface area contributed by atoms with Gasteiger partial charge in [-0.15, -0.1) is 0 Å². The predicted octanol–water partition coefficient (Wildman–Crippen LogP) is 5.14. The van der Waals surface area contributed by atoms with Crippen molar-refractivity contribution in [1.82, 2.24) is 9.78 Å². The maximum atomic E-state index is 13.8. The monoisotopic (exact) mass is 429 g/mol. The second-order valence-electron chi connectivity index (χ2n) is 6.69. The highest BCUT2D eigenvalue weighted by Gasteiger charge is 2.14. The van der Waals surface area contributed by atoms with Crippen LogP contribution in [-0.2, 0) is 17.8 Å². The molecule has 0 saturated carbocycles. The lowest BCUT2D eigenvalue weighted by Crippen LogP contribution is -2.16. The largest absolute Gasteiger partial charge is 0.308 e. The highest BCUT2D eigenvalue weighted by molar-refractivity contribution is 9.10. The van der Waals surface area contributed by atoms with E-state index in [0.29, 0.717) is 21.8 Å². The predicted molar refractivity (Wildman–Crippen MR) is 108 cm³/mol. The fourth-order valence-corrected chi connectivity index (χ4v) is 3.39. The summed E-state index contributed by atoms with van der Waals surface area (Å²) in [7, 11) is 0. The average Bonchev–Trinajstić information content (AvgIpc) is 2.96. The van der Waals surface area contributed by atoms with Crippen molar-refractivity contribution in [3.8, 4) is 0 Å². The molecule has 0 bridgehead atoms. The highest BCUT2D eigenvalue weighted by Crippen LogP contribution is 2.23. The van der Waals surface area contributed by atoms with Crippen LogP contribution in [0.5, 0.6) is 0 Å². The number of carbonyl (C=O) groups excluding carboxylic acids is 1. The average molecular weight is 430 g/mol. The minimum atomic E-state index is -0.278. The van der Waals surface area contributed by atoms with Crippen LogP contribution in [0.25, 0.3) is 0 Å². The number of hydrogen-bond donors (Lipinski definition) is 1. The summed E-state index contributed by atoms with van der Waals surface area (Å²) in [5.74, 6) is 0.360. The van der Waals surface area contributed by atoms with Crippen molar-refractivity contribution >= 4 is 27.7 Å². The SMILES string of the molecule is CC(C)c1ccccc1CC(=O)Nc1nn(Cc2ccccc2F)cc1Br. The maximum absolute atomic E-state index is 13.8. The molecule has 0 radical (unpaired) electrons. The third kappa shape index (κ3) is 4.83. The molecule has 2 aromatic carbocycles. The van der Waals surface area contributed by atoms with E-state index in [0.717, 1.165) is 11.1 Å². The molecule has 0 fully saturated rings. The summed E-state index contributed by atoms with van der Waals surface area (Å²) in [6.07, 6.45) is 2.01. The van der Waals surface area contributed by atoms with Gasteiger partial charge in [0, 0.05) is 11.8 Å². The van der Waals surface area contributed by atoms with Crippen molar-refractivity contribution in [2.24, 2.45) is 0 Å². The van der Waals surface area contributed by atoms with E-state index in [9.17, 15) is 9.18 Å². The number of rotatable bonds is 6. The minimum absolute atomic E-state index is 0.139. The summed E-state index contributed by atoms with van der Waals surface area (Å²) in [4.78, 5) is 12.5. The van der Waals surface area contributed by atoms with Gasteiger partial charge in [0.15, 0.2) is 5.82 Å². The lowest BCUT2D eigenvalue weighted by atomic mass is 9.95. The molecule has 0 spiro atoms. The van der Waals surface area contributed by atoms with Gasteiger partial charge in [-0.25, -0.2) is 4.39 Å². The Morgan fingerprint density at radius 1 is 1.15 bits per heavy atom. The van der Waals surface area contributed by atoms with Crippen LogP contribution in [0.4, 0.5) is 10.2 Å². The topological polar surface area (TPSA) is 46.9 Å². The second-order valence-corrected chi connectivity index (χ2v) is 7.55. The van der Waals surface area contributed by atoms with Gasteiger partial charge in [0.25, 0.3) is 0 Å². The molecule has 1 heterocycles. The van der Waals surface area contributed by atoms with Gasteiger partial charge < -0.3 is 5.32 Å². The van der Waals surface area contributed by atoms with E-state index < -0.39 is 0 Å². The van der Waals surface area contributed by atoms with Crippen LogP contribution in [-0.4, -0.2) is 15.7 Å². The zero-order valence-electron chi connectivity index (χ0n) is 15.2. The molecular weight excluding hydrogens is 409 g/mol. The first-order valence-corrected chi connectivity index (χ1v) is 9.57. The third-order valence-corrected chi connectivity index (χ3v) is 4.87. The van der Waals surface area contributed by atoms with E-state index in [4.69, 9.17) is 0 Å². The molecule has 0 aliphatic rings. The van der Waals surface area contributed by atoms with Crippen molar-refractivity contribution in [1.29, 1.82) is 0 Å². The number of halogens is 2. The smallest absolute Gasteiger partial charge is 0.230 e. The van der Waals surface area contributed by atoms with Crippen LogP contribution in [0.15, 0.2) is 59.2 Å². The van der Waals surface area contributed by atoms with Crippen LogP contribution in [0.1, 0.15) is 36.5 Å². The summed E-state index contributed by atoms with van der Waals surface area (Å²) in [5, 5.41) is 7.19. The lowest BCUT2D eigenvalue weighted by Gasteiger charge is -2.12. The van der Waals surface area contributed by atoms with Crippen molar-refractivity contribution in [3.05, 3.63) is 81.7 Å². The van der Waals surface area contributed by atoms with Gasteiger partial charge in [-0.2, -0.15) is 5.10 Å². The number of carbonyl (C=O) groups is 1. The van der Waals surface area contributed by atoms with E-state index >= 15 is 0 Å². The number of amides is 1. The number of hydrogen-bond acceptors (Lipinski definition) is 2. The molecular formula is C21H21BrFN3O. The van der Waals surface area contributed by atoms with Crippen LogP contribution in [0, 0.1) is 5.82 Å². The Labute approximate surface area is 166 Å². The van der Waals surface area contributed by atoms with E-state index in [1.54, 1.807) is 29.1 Å². The number of benzene rings is 2. The summed E-state index contributed by atoms with van der Waals surface area (Å²) in [6.45, 7) is 4.51. The number of nitrogens with zero attached hydrogens (tertiary/aromatic N) is 2. The Morgan fingerprint density at radius 3 is 2.52 bits per heavy atom. The quantitative estimate of drug-likeness (QED) is 0.589. The first-order chi connectivity index (χ1) is 12.9. The number of anilines is 1. The van der Waals surface area contributed by atoms with Crippen LogP contribution in [0.2, 0.25) is 0 Å². The molecule has 0 atom stereocenters. The van der Waals surface area contributed by atoms with E-state index in [-0.39, 0.29) is 24.7 Å². The van der Waals surface area contributed by atoms with Gasteiger partial charge in [0.05, 0.1) is 17.4 Å². The zero-order valence-corrected chi connectivity index (χ0v) is 16.8. The van der Waals surface area contributed by atoms with Gasteiger partial charge in [0.2, 0.25) is 5.91 Å². The van der Waals surface area contributed by atoms with E-state index in [1.165, 1.54) is 6.07 Å². The number of aromatic nitrogens is 2. The second kappa shape index (κ2) is 8.48. The van der Waals surface area contributed by atoms with Gasteiger partial charge >= 0.3 is 0 Å². The van der Waals surface area contributed by atoms with Crippen LogP contribution >= 0.6 is 15.9 Å². The van der Waals surface area contributed by atoms with Crippen LogP contribution < -0.4 is 5.32 Å². The standard InChI is InChI=1S/C21H21BrFN3O/c1-14(2)17-9-5-3-7-15(17)11-20(27)24-21-18(22)13-26(25-21)12-16-8-4-6-10-19(16)23/h3-10,13-14H,11-12H2,1-2H3,(H,24,25,27). The van der Waals surface area contributed by atoms with Gasteiger partial charge in [-0.1, -0.05) is 56.3 Å². The summed E-state index contributed by atoms with van der Waals surface area (Å²) in [6, 6.07) is 14.5. The van der Waals surface area contributed by atoms with Crippen molar-refractivity contribution in [3.63, 3.8) is 0 Å². The fourth-order valence-electron chi connectivity index (χ4n) is 2.97. The van der Waals surface area contributed by atoms with E-state index in [1.807, 2.05) is 24.3 Å². The normalized spacial score (nSPS) is 11.0. The lowest BCUT2D eigenvalue weighted by molar-refractivity contribution is -0.115. The molecule has 6 heteroatoms. The zero-order chi connectivity index (χ0) is 19.4. The molecule has 140 valence electrons.